The molecule has 8 nitrogen and oxygen atoms in total. The van der Waals surface area contributed by atoms with E-state index in [1.54, 1.807) is 29.2 Å². The van der Waals surface area contributed by atoms with E-state index in [9.17, 15) is 13.2 Å². The summed E-state index contributed by atoms with van der Waals surface area (Å²) in [6.45, 7) is 1.48. The number of methoxy groups -OCH3 is 1. The van der Waals surface area contributed by atoms with Crippen molar-refractivity contribution in [2.45, 2.75) is 23.4 Å². The minimum Gasteiger partial charge on any atom is -0.383 e. The van der Waals surface area contributed by atoms with Gasteiger partial charge in [0.15, 0.2) is 0 Å². The van der Waals surface area contributed by atoms with Gasteiger partial charge < -0.3 is 19.7 Å². The van der Waals surface area contributed by atoms with Crippen LogP contribution in [-0.2, 0) is 19.5 Å². The van der Waals surface area contributed by atoms with Crippen LogP contribution in [0.5, 0.6) is 0 Å². The Bertz CT molecular complexity index is 851. The Hall–Kier alpha value is -1.39. The Labute approximate surface area is 163 Å². The number of carbonyl (C=O) groups excluding carboxylic acids is 1. The molecular formula is C17H22ClN3O5S. The lowest BCUT2D eigenvalue weighted by atomic mass is 9.99. The maximum atomic E-state index is 12.9. The first-order valence-electron chi connectivity index (χ1n) is 8.81. The van der Waals surface area contributed by atoms with E-state index in [-0.39, 0.29) is 25.2 Å². The molecule has 3 atom stereocenters. The van der Waals surface area contributed by atoms with Gasteiger partial charge in [-0.25, -0.2) is 13.2 Å². The van der Waals surface area contributed by atoms with Gasteiger partial charge in [0.25, 0.3) is 0 Å². The number of hydrogen-bond acceptors (Lipinski definition) is 5. The number of nitrogens with zero attached hydrogens (tertiary/aromatic N) is 2. The number of hydrogen-bond donors (Lipinski definition) is 1. The normalized spacial score (nSPS) is 31.7. The van der Waals surface area contributed by atoms with E-state index in [0.29, 0.717) is 36.8 Å². The molecule has 0 aromatic heterocycles. The van der Waals surface area contributed by atoms with Crippen molar-refractivity contribution in [3.63, 3.8) is 0 Å². The largest absolute Gasteiger partial charge is 0.383 e. The number of likely N-dealkylation sites (tertiary alicyclic amines) is 1. The van der Waals surface area contributed by atoms with Crippen LogP contribution in [0.15, 0.2) is 24.3 Å². The zero-order valence-electron chi connectivity index (χ0n) is 14.9. The zero-order valence-corrected chi connectivity index (χ0v) is 16.5. The molecule has 148 valence electrons. The van der Waals surface area contributed by atoms with Crippen molar-refractivity contribution in [2.24, 2.45) is 0 Å². The lowest BCUT2D eigenvalue weighted by Crippen LogP contribution is -2.57. The molecule has 3 saturated heterocycles. The second-order valence-corrected chi connectivity index (χ2v) is 9.77. The molecule has 2 bridgehead atoms. The maximum absolute atomic E-state index is 12.9. The minimum absolute atomic E-state index is 0.239. The Morgan fingerprint density at radius 2 is 2.26 bits per heavy atom. The Morgan fingerprint density at radius 1 is 1.44 bits per heavy atom. The average Bonchev–Trinajstić information content (AvgIpc) is 2.98. The number of morpholine rings is 1. The lowest BCUT2D eigenvalue weighted by molar-refractivity contribution is -0.0947. The second-order valence-electron chi connectivity index (χ2n) is 7.22. The van der Waals surface area contributed by atoms with E-state index in [0.717, 1.165) is 0 Å². The number of sulfonamides is 1. The molecule has 4 rings (SSSR count). The van der Waals surface area contributed by atoms with E-state index in [1.165, 1.54) is 11.4 Å². The van der Waals surface area contributed by atoms with Crippen LogP contribution < -0.4 is 5.32 Å². The molecule has 1 N–H and O–H groups in total. The first-order chi connectivity index (χ1) is 12.8. The third-order valence-electron chi connectivity index (χ3n) is 5.42. The molecule has 0 radical (unpaired) electrons. The predicted molar refractivity (Wildman–Crippen MR) is 100 cm³/mol. The van der Waals surface area contributed by atoms with Crippen LogP contribution in [0.1, 0.15) is 6.42 Å². The number of benzene rings is 1. The molecule has 1 aromatic carbocycles. The van der Waals surface area contributed by atoms with E-state index in [4.69, 9.17) is 21.1 Å². The van der Waals surface area contributed by atoms with Gasteiger partial charge in [0, 0.05) is 37.5 Å². The summed E-state index contributed by atoms with van der Waals surface area (Å²) >= 11 is 5.96. The van der Waals surface area contributed by atoms with Crippen molar-refractivity contribution in [1.29, 1.82) is 0 Å². The Morgan fingerprint density at radius 3 is 3.00 bits per heavy atom. The van der Waals surface area contributed by atoms with Gasteiger partial charge in [-0.15, -0.1) is 0 Å². The quantitative estimate of drug-likeness (QED) is 0.802. The van der Waals surface area contributed by atoms with Crippen LogP contribution in [0, 0.1) is 0 Å². The van der Waals surface area contributed by atoms with Crippen molar-refractivity contribution < 1.29 is 22.7 Å². The first-order valence-corrected chi connectivity index (χ1v) is 10.7. The third kappa shape index (κ3) is 3.31. The fourth-order valence-corrected chi connectivity index (χ4v) is 6.75. The summed E-state index contributed by atoms with van der Waals surface area (Å²) in [6.07, 6.45) is 0.139. The highest BCUT2D eigenvalue weighted by Crippen LogP contribution is 2.46. The molecule has 3 aliphatic rings. The van der Waals surface area contributed by atoms with Crippen molar-refractivity contribution in [3.05, 3.63) is 29.3 Å². The molecule has 1 aromatic rings. The number of amides is 2. The number of halogens is 1. The molecule has 0 unspecified atom stereocenters. The third-order valence-corrected chi connectivity index (χ3v) is 8.03. The fraction of sp³-hybridized carbons (Fsp3) is 0.588. The van der Waals surface area contributed by atoms with Gasteiger partial charge in [0.05, 0.1) is 19.3 Å². The van der Waals surface area contributed by atoms with Crippen molar-refractivity contribution >= 4 is 33.3 Å². The maximum Gasteiger partial charge on any atom is 0.322 e. The van der Waals surface area contributed by atoms with Gasteiger partial charge in [-0.3, -0.25) is 0 Å². The minimum atomic E-state index is -3.46. The summed E-state index contributed by atoms with van der Waals surface area (Å²) < 4.78 is 38.3. The van der Waals surface area contributed by atoms with E-state index in [1.807, 2.05) is 0 Å². The smallest absolute Gasteiger partial charge is 0.322 e. The molecule has 3 fully saturated rings. The topological polar surface area (TPSA) is 88.2 Å². The number of fused-ring (bicyclic) bond motifs is 1. The molecule has 0 saturated carbocycles. The van der Waals surface area contributed by atoms with Crippen molar-refractivity contribution in [3.8, 4) is 0 Å². The number of anilines is 1. The van der Waals surface area contributed by atoms with Crippen LogP contribution in [-0.4, -0.2) is 80.5 Å². The fourth-order valence-electron chi connectivity index (χ4n) is 4.27. The second kappa shape index (κ2) is 6.89. The summed E-state index contributed by atoms with van der Waals surface area (Å²) in [5.41, 5.74) is -0.276. The van der Waals surface area contributed by atoms with Gasteiger partial charge >= 0.3 is 6.03 Å². The Kier molecular flexibility index (Phi) is 4.84. The van der Waals surface area contributed by atoms with Crippen LogP contribution in [0.25, 0.3) is 0 Å². The zero-order chi connectivity index (χ0) is 19.2. The summed E-state index contributed by atoms with van der Waals surface area (Å²) in [5, 5.41) is 2.74. The molecule has 1 spiro atoms. The first kappa shape index (κ1) is 18.9. The number of rotatable bonds is 4. The molecule has 3 heterocycles. The SMILES string of the molecule is COCCN1C[C@@]23CN(C(=O)Nc4cccc(Cl)c4)C[C@@H](C[C@@H]2S1(=O)=O)O3. The van der Waals surface area contributed by atoms with E-state index >= 15 is 0 Å². The van der Waals surface area contributed by atoms with Gasteiger partial charge in [0.2, 0.25) is 10.0 Å². The van der Waals surface area contributed by atoms with E-state index in [2.05, 4.69) is 5.32 Å². The van der Waals surface area contributed by atoms with Gasteiger partial charge in [-0.05, 0) is 24.6 Å². The predicted octanol–water partition coefficient (Wildman–Crippen LogP) is 1.38. The number of carbonyl (C=O) groups is 1. The van der Waals surface area contributed by atoms with Gasteiger partial charge in [-0.1, -0.05) is 17.7 Å². The summed E-state index contributed by atoms with van der Waals surface area (Å²) in [6, 6.07) is 6.63. The summed E-state index contributed by atoms with van der Waals surface area (Å²) in [4.78, 5) is 14.4. The molecule has 27 heavy (non-hydrogen) atoms. The Balaban J connectivity index is 1.51. The number of nitrogens with one attached hydrogen (secondary N) is 1. The summed E-state index contributed by atoms with van der Waals surface area (Å²) in [5.74, 6) is 0. The van der Waals surface area contributed by atoms with Crippen LogP contribution in [0.4, 0.5) is 10.5 Å². The van der Waals surface area contributed by atoms with Gasteiger partial charge in [0.1, 0.15) is 10.9 Å². The van der Waals surface area contributed by atoms with Crippen molar-refractivity contribution in [2.75, 3.05) is 45.2 Å². The molecule has 3 aliphatic heterocycles. The highest BCUT2D eigenvalue weighted by molar-refractivity contribution is 7.90. The highest BCUT2D eigenvalue weighted by atomic mass is 35.5. The molecule has 10 heteroatoms. The summed E-state index contributed by atoms with van der Waals surface area (Å²) in [7, 11) is -1.92. The van der Waals surface area contributed by atoms with Crippen LogP contribution in [0.2, 0.25) is 5.02 Å². The highest BCUT2D eigenvalue weighted by Gasteiger charge is 2.65. The van der Waals surface area contributed by atoms with Crippen LogP contribution >= 0.6 is 11.6 Å². The number of urea groups is 1. The molecule has 0 aliphatic carbocycles. The number of ether oxygens (including phenoxy) is 2. The van der Waals surface area contributed by atoms with Crippen LogP contribution in [0.3, 0.4) is 0 Å². The van der Waals surface area contributed by atoms with Crippen molar-refractivity contribution in [1.82, 2.24) is 9.21 Å². The average molecular weight is 416 g/mol. The molecular weight excluding hydrogens is 394 g/mol. The van der Waals surface area contributed by atoms with Gasteiger partial charge in [-0.2, -0.15) is 4.31 Å². The monoisotopic (exact) mass is 415 g/mol. The molecule has 2 amide bonds. The standard InChI is InChI=1S/C17H22ClN3O5S/c1-25-6-5-21-11-17-10-20(9-14(26-17)8-15(17)27(21,23)24)16(22)19-13-4-2-3-12(18)7-13/h2-4,7,14-15H,5-6,8-11H2,1H3,(H,19,22)/t14-,15+,17+/m1/s1. The lowest BCUT2D eigenvalue weighted by Gasteiger charge is -2.39. The van der Waals surface area contributed by atoms with E-state index < -0.39 is 20.9 Å².